The van der Waals surface area contributed by atoms with E-state index in [1.165, 1.54) is 167 Å². The van der Waals surface area contributed by atoms with Crippen LogP contribution in [0.5, 0.6) is 0 Å². The van der Waals surface area contributed by atoms with E-state index in [1.807, 2.05) is 0 Å². The molecule has 0 N–H and O–H groups in total. The van der Waals surface area contributed by atoms with Crippen LogP contribution in [0.2, 0.25) is 0 Å². The monoisotopic (exact) mass is 477 g/mol. The normalized spacial score (nSPS) is 14.1. The fourth-order valence-electron chi connectivity index (χ4n) is 5.48. The van der Waals surface area contributed by atoms with Gasteiger partial charge in [0.15, 0.2) is 0 Å². The topological polar surface area (TPSA) is 6.48 Å². The standard InChI is InChI=1S/C32H64N2/c1-4-7-10-13-14-15-16-17-18-19-20-21-22-23-24-27-32-33(28-25-11-8-5-2)30-31-34(32)29-26-12-9-6-3/h30-32H,4-29H2,1-3H3. The molecule has 0 unspecified atom stereocenters. The Labute approximate surface area is 216 Å². The van der Waals surface area contributed by atoms with Gasteiger partial charge in [-0.05, 0) is 25.7 Å². The van der Waals surface area contributed by atoms with Gasteiger partial charge in [0.2, 0.25) is 0 Å². The van der Waals surface area contributed by atoms with Crippen molar-refractivity contribution in [2.75, 3.05) is 13.1 Å². The number of rotatable bonds is 26. The summed E-state index contributed by atoms with van der Waals surface area (Å²) in [4.78, 5) is 5.33. The maximum atomic E-state index is 2.67. The molecular formula is C32H64N2. The van der Waals surface area contributed by atoms with Crippen molar-refractivity contribution >= 4 is 0 Å². The molecule has 0 aliphatic carbocycles. The summed E-state index contributed by atoms with van der Waals surface area (Å²) < 4.78 is 0. The molecule has 0 saturated carbocycles. The minimum Gasteiger partial charge on any atom is -0.356 e. The molecule has 0 fully saturated rings. The second-order valence-electron chi connectivity index (χ2n) is 11.1. The predicted octanol–water partition coefficient (Wildman–Crippen LogP) is 10.8. The van der Waals surface area contributed by atoms with Crippen LogP contribution in [0.4, 0.5) is 0 Å². The quantitative estimate of drug-likeness (QED) is 0.114. The van der Waals surface area contributed by atoms with E-state index < -0.39 is 0 Å². The third-order valence-corrected chi connectivity index (χ3v) is 7.82. The van der Waals surface area contributed by atoms with Gasteiger partial charge >= 0.3 is 0 Å². The van der Waals surface area contributed by atoms with Gasteiger partial charge in [0.25, 0.3) is 0 Å². The van der Waals surface area contributed by atoms with Crippen LogP contribution in [0.25, 0.3) is 0 Å². The van der Waals surface area contributed by atoms with Gasteiger partial charge in [0.05, 0.1) is 0 Å². The van der Waals surface area contributed by atoms with Gasteiger partial charge in [0, 0.05) is 25.5 Å². The average Bonchev–Trinajstić information content (AvgIpc) is 3.23. The maximum absolute atomic E-state index is 2.67. The lowest BCUT2D eigenvalue weighted by atomic mass is 10.0. The highest BCUT2D eigenvalue weighted by Crippen LogP contribution is 2.23. The molecule has 0 radical (unpaired) electrons. The van der Waals surface area contributed by atoms with Crippen molar-refractivity contribution in [2.45, 2.75) is 181 Å². The molecule has 0 spiro atoms. The third-order valence-electron chi connectivity index (χ3n) is 7.82. The van der Waals surface area contributed by atoms with Crippen LogP contribution < -0.4 is 0 Å². The van der Waals surface area contributed by atoms with E-state index in [4.69, 9.17) is 0 Å². The van der Waals surface area contributed by atoms with Crippen LogP contribution in [0.15, 0.2) is 12.4 Å². The van der Waals surface area contributed by atoms with Gasteiger partial charge in [-0.1, -0.05) is 149 Å². The molecule has 202 valence electrons. The summed E-state index contributed by atoms with van der Waals surface area (Å²) in [6, 6.07) is 0. The highest BCUT2D eigenvalue weighted by Gasteiger charge is 2.24. The van der Waals surface area contributed by atoms with Crippen LogP contribution in [0.1, 0.15) is 175 Å². The minimum absolute atomic E-state index is 0.644. The highest BCUT2D eigenvalue weighted by molar-refractivity contribution is 4.97. The molecule has 0 atom stereocenters. The van der Waals surface area contributed by atoms with Gasteiger partial charge in [-0.25, -0.2) is 0 Å². The van der Waals surface area contributed by atoms with Crippen molar-refractivity contribution in [3.63, 3.8) is 0 Å². The van der Waals surface area contributed by atoms with E-state index in [2.05, 4.69) is 43.0 Å². The van der Waals surface area contributed by atoms with Crippen molar-refractivity contribution in [1.29, 1.82) is 0 Å². The zero-order valence-electron chi connectivity index (χ0n) is 24.0. The van der Waals surface area contributed by atoms with Crippen LogP contribution in [-0.4, -0.2) is 29.1 Å². The van der Waals surface area contributed by atoms with Gasteiger partial charge in [0.1, 0.15) is 6.17 Å². The van der Waals surface area contributed by atoms with E-state index >= 15 is 0 Å². The first-order valence-electron chi connectivity index (χ1n) is 16.0. The molecular weight excluding hydrogens is 412 g/mol. The largest absolute Gasteiger partial charge is 0.356 e. The van der Waals surface area contributed by atoms with Crippen LogP contribution in [0, 0.1) is 0 Å². The van der Waals surface area contributed by atoms with E-state index in [1.54, 1.807) is 0 Å². The summed E-state index contributed by atoms with van der Waals surface area (Å²) in [6.07, 6.45) is 39.6. The summed E-state index contributed by atoms with van der Waals surface area (Å²) in [5, 5.41) is 0. The highest BCUT2D eigenvalue weighted by atomic mass is 15.4. The number of hydrogen-bond acceptors (Lipinski definition) is 2. The molecule has 34 heavy (non-hydrogen) atoms. The summed E-state index contributed by atoms with van der Waals surface area (Å²) in [6.45, 7) is 9.44. The molecule has 1 heterocycles. The third kappa shape index (κ3) is 16.9. The van der Waals surface area contributed by atoms with Crippen LogP contribution in [-0.2, 0) is 0 Å². The Morgan fingerprint density at radius 1 is 0.382 bits per heavy atom. The molecule has 0 aromatic carbocycles. The predicted molar refractivity (Wildman–Crippen MR) is 154 cm³/mol. The van der Waals surface area contributed by atoms with Gasteiger partial charge in [-0.2, -0.15) is 0 Å². The summed E-state index contributed by atoms with van der Waals surface area (Å²) in [5.74, 6) is 0. The van der Waals surface area contributed by atoms with Gasteiger partial charge < -0.3 is 9.80 Å². The molecule has 1 rings (SSSR count). The second kappa shape index (κ2) is 24.1. The maximum Gasteiger partial charge on any atom is 0.101 e. The lowest BCUT2D eigenvalue weighted by Crippen LogP contribution is -2.39. The van der Waals surface area contributed by atoms with E-state index in [0.29, 0.717) is 6.17 Å². The summed E-state index contributed by atoms with van der Waals surface area (Å²) in [7, 11) is 0. The second-order valence-corrected chi connectivity index (χ2v) is 11.1. The van der Waals surface area contributed by atoms with Crippen molar-refractivity contribution in [3.8, 4) is 0 Å². The Morgan fingerprint density at radius 2 is 0.676 bits per heavy atom. The Kier molecular flexibility index (Phi) is 22.2. The molecule has 2 heteroatoms. The Hall–Kier alpha value is -0.660. The zero-order chi connectivity index (χ0) is 24.5. The first-order valence-corrected chi connectivity index (χ1v) is 16.0. The first kappa shape index (κ1) is 31.4. The Balaban J connectivity index is 2.08. The lowest BCUT2D eigenvalue weighted by molar-refractivity contribution is 0.135. The summed E-state index contributed by atoms with van der Waals surface area (Å²) >= 11 is 0. The average molecular weight is 477 g/mol. The number of hydrogen-bond donors (Lipinski definition) is 0. The van der Waals surface area contributed by atoms with Crippen molar-refractivity contribution in [1.82, 2.24) is 9.80 Å². The smallest absolute Gasteiger partial charge is 0.101 e. The lowest BCUT2D eigenvalue weighted by Gasteiger charge is -2.33. The fourth-order valence-corrected chi connectivity index (χ4v) is 5.48. The molecule has 0 amide bonds. The molecule has 0 saturated heterocycles. The molecule has 1 aliphatic heterocycles. The molecule has 1 aliphatic rings. The van der Waals surface area contributed by atoms with E-state index in [0.717, 1.165) is 0 Å². The molecule has 2 nitrogen and oxygen atoms in total. The number of unbranched alkanes of at least 4 members (excludes halogenated alkanes) is 20. The van der Waals surface area contributed by atoms with E-state index in [-0.39, 0.29) is 0 Å². The first-order chi connectivity index (χ1) is 16.8. The van der Waals surface area contributed by atoms with Crippen molar-refractivity contribution in [2.24, 2.45) is 0 Å². The summed E-state index contributed by atoms with van der Waals surface area (Å²) in [5.41, 5.74) is 0. The van der Waals surface area contributed by atoms with Gasteiger partial charge in [-0.15, -0.1) is 0 Å². The van der Waals surface area contributed by atoms with Crippen LogP contribution in [0.3, 0.4) is 0 Å². The zero-order valence-corrected chi connectivity index (χ0v) is 24.0. The Bertz CT molecular complexity index is 411. The molecule has 0 bridgehead atoms. The van der Waals surface area contributed by atoms with Crippen molar-refractivity contribution in [3.05, 3.63) is 12.4 Å². The van der Waals surface area contributed by atoms with Gasteiger partial charge in [-0.3, -0.25) is 0 Å². The Morgan fingerprint density at radius 3 is 1.03 bits per heavy atom. The van der Waals surface area contributed by atoms with Crippen molar-refractivity contribution < 1.29 is 0 Å². The minimum atomic E-state index is 0.644. The van der Waals surface area contributed by atoms with Crippen LogP contribution >= 0.6 is 0 Å². The van der Waals surface area contributed by atoms with E-state index in [9.17, 15) is 0 Å². The molecule has 0 aromatic rings. The SMILES string of the molecule is CCCCCCCCCCCCCCCCCC1N(CCCCCC)C=CN1CCCCCC. The number of nitrogens with zero attached hydrogens (tertiary/aromatic N) is 2. The molecule has 0 aromatic heterocycles. The fraction of sp³-hybridized carbons (Fsp3) is 0.938.